The van der Waals surface area contributed by atoms with Crippen LogP contribution in [0.25, 0.3) is 0 Å². The molecule has 0 saturated heterocycles. The Bertz CT molecular complexity index is 332. The molecule has 1 rings (SSSR count). The molecule has 1 aromatic heterocycles. The van der Waals surface area contributed by atoms with E-state index in [4.69, 9.17) is 5.73 Å². The van der Waals surface area contributed by atoms with Crippen LogP contribution in [0.2, 0.25) is 0 Å². The summed E-state index contributed by atoms with van der Waals surface area (Å²) >= 11 is 0. The number of pyridine rings is 1. The molecule has 0 aromatic carbocycles. The summed E-state index contributed by atoms with van der Waals surface area (Å²) < 4.78 is 0. The molecule has 0 bridgehead atoms. The molecule has 0 aliphatic carbocycles. The first-order valence-electron chi connectivity index (χ1n) is 5.39. The molecule has 0 unspecified atom stereocenters. The lowest BCUT2D eigenvalue weighted by Gasteiger charge is -2.17. The first kappa shape index (κ1) is 12.4. The summed E-state index contributed by atoms with van der Waals surface area (Å²) in [5, 5.41) is 2.77. The minimum absolute atomic E-state index is 0.0322. The molecule has 1 aromatic rings. The van der Waals surface area contributed by atoms with Crippen LogP contribution < -0.4 is 11.1 Å². The van der Waals surface area contributed by atoms with Gasteiger partial charge in [-0.15, -0.1) is 0 Å². The van der Waals surface area contributed by atoms with E-state index in [2.05, 4.69) is 10.3 Å². The van der Waals surface area contributed by atoms with Gasteiger partial charge in [0.05, 0.1) is 18.4 Å². The van der Waals surface area contributed by atoms with Gasteiger partial charge >= 0.3 is 0 Å². The van der Waals surface area contributed by atoms with E-state index in [1.807, 2.05) is 18.7 Å². The summed E-state index contributed by atoms with van der Waals surface area (Å²) in [5.74, 6) is 0.414. The number of aromatic nitrogens is 1. The van der Waals surface area contributed by atoms with E-state index in [0.29, 0.717) is 18.1 Å². The maximum Gasteiger partial charge on any atom is 0.238 e. The van der Waals surface area contributed by atoms with E-state index in [0.717, 1.165) is 13.1 Å². The van der Waals surface area contributed by atoms with E-state index in [-0.39, 0.29) is 5.91 Å². The topological polar surface area (TPSA) is 71.2 Å². The van der Waals surface area contributed by atoms with Crippen molar-refractivity contribution in [3.05, 3.63) is 18.3 Å². The molecule has 5 heteroatoms. The third-order valence-corrected chi connectivity index (χ3v) is 2.33. The molecule has 5 nitrogen and oxygen atoms in total. The number of nitrogens with zero attached hydrogens (tertiary/aromatic N) is 2. The van der Waals surface area contributed by atoms with Gasteiger partial charge in [0.25, 0.3) is 0 Å². The summed E-state index contributed by atoms with van der Waals surface area (Å²) in [4.78, 5) is 17.6. The Morgan fingerprint density at radius 1 is 1.44 bits per heavy atom. The third kappa shape index (κ3) is 3.86. The molecule has 0 aliphatic rings. The molecule has 0 spiro atoms. The Kier molecular flexibility index (Phi) is 4.72. The zero-order valence-electron chi connectivity index (χ0n) is 9.73. The summed E-state index contributed by atoms with van der Waals surface area (Å²) in [7, 11) is 0. The maximum atomic E-state index is 11.6. The lowest BCUT2D eigenvalue weighted by Crippen LogP contribution is -2.32. The minimum atomic E-state index is -0.0322. The fourth-order valence-electron chi connectivity index (χ4n) is 1.33. The monoisotopic (exact) mass is 222 g/mol. The predicted molar refractivity (Wildman–Crippen MR) is 65.1 cm³/mol. The lowest BCUT2D eigenvalue weighted by molar-refractivity contribution is -0.117. The number of carbonyl (C=O) groups excluding carboxylic acids is 1. The molecular weight excluding hydrogens is 204 g/mol. The maximum absolute atomic E-state index is 11.6. The van der Waals surface area contributed by atoms with Crippen molar-refractivity contribution in [3.8, 4) is 0 Å². The molecular formula is C11H18N4O. The van der Waals surface area contributed by atoms with Gasteiger partial charge in [0.1, 0.15) is 5.82 Å². The number of nitrogens with one attached hydrogen (secondary N) is 1. The number of rotatable bonds is 5. The molecule has 0 atom stereocenters. The fourth-order valence-corrected chi connectivity index (χ4v) is 1.33. The minimum Gasteiger partial charge on any atom is -0.384 e. The van der Waals surface area contributed by atoms with Crippen molar-refractivity contribution >= 4 is 17.4 Å². The second kappa shape index (κ2) is 6.07. The molecule has 1 amide bonds. The average Bonchev–Trinajstić information content (AvgIpc) is 2.29. The van der Waals surface area contributed by atoms with Crippen LogP contribution in [0, 0.1) is 0 Å². The van der Waals surface area contributed by atoms with Crippen molar-refractivity contribution in [2.24, 2.45) is 0 Å². The number of anilines is 2. The number of carbonyl (C=O) groups is 1. The Morgan fingerprint density at radius 2 is 2.12 bits per heavy atom. The number of hydrogen-bond donors (Lipinski definition) is 2. The van der Waals surface area contributed by atoms with Gasteiger partial charge in [-0.2, -0.15) is 0 Å². The highest BCUT2D eigenvalue weighted by Gasteiger charge is 2.07. The smallest absolute Gasteiger partial charge is 0.238 e. The Balaban J connectivity index is 2.48. The molecule has 0 aliphatic heterocycles. The molecule has 3 N–H and O–H groups in total. The molecule has 16 heavy (non-hydrogen) atoms. The van der Waals surface area contributed by atoms with E-state index in [1.54, 1.807) is 18.3 Å². The largest absolute Gasteiger partial charge is 0.384 e. The van der Waals surface area contributed by atoms with Crippen molar-refractivity contribution < 1.29 is 4.79 Å². The third-order valence-electron chi connectivity index (χ3n) is 2.33. The van der Waals surface area contributed by atoms with Crippen LogP contribution in [0.15, 0.2) is 18.3 Å². The molecule has 0 saturated carbocycles. The predicted octanol–water partition coefficient (Wildman–Crippen LogP) is 0.944. The molecule has 0 fully saturated rings. The highest BCUT2D eigenvalue weighted by atomic mass is 16.2. The summed E-state index contributed by atoms with van der Waals surface area (Å²) in [6, 6.07) is 3.40. The van der Waals surface area contributed by atoms with E-state index < -0.39 is 0 Å². The van der Waals surface area contributed by atoms with Gasteiger partial charge in [-0.25, -0.2) is 4.98 Å². The number of likely N-dealkylation sites (N-methyl/N-ethyl adjacent to an activating group) is 1. The van der Waals surface area contributed by atoms with Crippen LogP contribution in [-0.4, -0.2) is 35.4 Å². The van der Waals surface area contributed by atoms with Gasteiger partial charge in [-0.1, -0.05) is 13.8 Å². The zero-order valence-corrected chi connectivity index (χ0v) is 9.73. The van der Waals surface area contributed by atoms with Crippen molar-refractivity contribution in [1.82, 2.24) is 9.88 Å². The Morgan fingerprint density at radius 3 is 2.62 bits per heavy atom. The van der Waals surface area contributed by atoms with Gasteiger partial charge in [0.2, 0.25) is 5.91 Å². The van der Waals surface area contributed by atoms with E-state index in [1.165, 1.54) is 0 Å². The van der Waals surface area contributed by atoms with Crippen LogP contribution in [0.3, 0.4) is 0 Å². The number of hydrogen-bond acceptors (Lipinski definition) is 4. The fraction of sp³-hybridized carbons (Fsp3) is 0.455. The normalized spacial score (nSPS) is 10.4. The van der Waals surface area contributed by atoms with Crippen molar-refractivity contribution in [1.29, 1.82) is 0 Å². The Labute approximate surface area is 95.7 Å². The van der Waals surface area contributed by atoms with Crippen LogP contribution in [-0.2, 0) is 4.79 Å². The summed E-state index contributed by atoms with van der Waals surface area (Å²) in [6.45, 7) is 6.19. The molecule has 88 valence electrons. The standard InChI is InChI=1S/C11H18N4O/c1-3-15(4-2)8-11(16)14-9-5-6-10(12)13-7-9/h5-7H,3-4,8H2,1-2H3,(H2,12,13)(H,14,16). The number of nitrogens with two attached hydrogens (primary N) is 1. The van der Waals surface area contributed by atoms with Gasteiger partial charge in [0.15, 0.2) is 0 Å². The summed E-state index contributed by atoms with van der Waals surface area (Å²) in [6.07, 6.45) is 1.55. The van der Waals surface area contributed by atoms with Crippen LogP contribution in [0.1, 0.15) is 13.8 Å². The summed E-state index contributed by atoms with van der Waals surface area (Å²) in [5.41, 5.74) is 6.12. The average molecular weight is 222 g/mol. The number of amides is 1. The SMILES string of the molecule is CCN(CC)CC(=O)Nc1ccc(N)nc1. The van der Waals surface area contributed by atoms with Crippen LogP contribution in [0.5, 0.6) is 0 Å². The van der Waals surface area contributed by atoms with Crippen LogP contribution >= 0.6 is 0 Å². The second-order valence-corrected chi connectivity index (χ2v) is 3.48. The second-order valence-electron chi connectivity index (χ2n) is 3.48. The van der Waals surface area contributed by atoms with Crippen LogP contribution in [0.4, 0.5) is 11.5 Å². The molecule has 0 radical (unpaired) electrons. The van der Waals surface area contributed by atoms with Gasteiger partial charge < -0.3 is 11.1 Å². The lowest BCUT2D eigenvalue weighted by atomic mass is 10.4. The first-order valence-corrected chi connectivity index (χ1v) is 5.39. The molecule has 1 heterocycles. The highest BCUT2D eigenvalue weighted by Crippen LogP contribution is 2.06. The Hall–Kier alpha value is -1.62. The quantitative estimate of drug-likeness (QED) is 0.778. The van der Waals surface area contributed by atoms with Gasteiger partial charge in [-0.3, -0.25) is 9.69 Å². The number of nitrogen functional groups attached to an aromatic ring is 1. The van der Waals surface area contributed by atoms with Crippen molar-refractivity contribution in [2.45, 2.75) is 13.8 Å². The van der Waals surface area contributed by atoms with Gasteiger partial charge in [-0.05, 0) is 25.2 Å². The zero-order chi connectivity index (χ0) is 12.0. The van der Waals surface area contributed by atoms with E-state index in [9.17, 15) is 4.79 Å². The van der Waals surface area contributed by atoms with Crippen molar-refractivity contribution in [3.63, 3.8) is 0 Å². The van der Waals surface area contributed by atoms with E-state index >= 15 is 0 Å². The van der Waals surface area contributed by atoms with Gasteiger partial charge in [0, 0.05) is 0 Å². The van der Waals surface area contributed by atoms with Crippen molar-refractivity contribution in [2.75, 3.05) is 30.7 Å². The first-order chi connectivity index (χ1) is 7.65. The highest BCUT2D eigenvalue weighted by molar-refractivity contribution is 5.92.